The summed E-state index contributed by atoms with van der Waals surface area (Å²) in [4.78, 5) is 14.7. The van der Waals surface area contributed by atoms with Crippen molar-refractivity contribution in [3.8, 4) is 6.07 Å². The molecule has 0 radical (unpaired) electrons. The van der Waals surface area contributed by atoms with Crippen LogP contribution in [-0.4, -0.2) is 9.91 Å². The minimum absolute atomic E-state index is 0.0479. The summed E-state index contributed by atoms with van der Waals surface area (Å²) in [6.45, 7) is 0. The number of aromatic nitrogens is 1. The average Bonchev–Trinajstić information content (AvgIpc) is 2.56. The van der Waals surface area contributed by atoms with E-state index in [9.17, 15) is 15.4 Å². The Bertz CT molecular complexity index is 949. The molecule has 1 heterocycles. The van der Waals surface area contributed by atoms with Crippen molar-refractivity contribution in [1.82, 2.24) is 4.98 Å². The van der Waals surface area contributed by atoms with Crippen LogP contribution in [0.1, 0.15) is 5.56 Å². The maximum atomic E-state index is 11.0. The van der Waals surface area contributed by atoms with Crippen LogP contribution in [0.5, 0.6) is 0 Å². The summed E-state index contributed by atoms with van der Waals surface area (Å²) in [7, 11) is 0. The molecule has 1 aromatic heterocycles. The van der Waals surface area contributed by atoms with Gasteiger partial charge in [-0.25, -0.2) is 0 Å². The van der Waals surface area contributed by atoms with Crippen LogP contribution in [0.4, 0.5) is 17.1 Å². The number of nitriles is 1. The average molecular weight is 369 g/mol. The summed E-state index contributed by atoms with van der Waals surface area (Å²) < 4.78 is 0.929. The summed E-state index contributed by atoms with van der Waals surface area (Å²) in [6, 6.07) is 13.9. The fraction of sp³-hybridized carbons (Fsp3) is 0. The number of benzene rings is 2. The maximum absolute atomic E-state index is 11.0. The predicted molar refractivity (Wildman–Crippen MR) is 90.5 cm³/mol. The molecular weight excluding hydrogens is 360 g/mol. The molecule has 0 spiro atoms. The molecule has 3 rings (SSSR count). The van der Waals surface area contributed by atoms with Crippen molar-refractivity contribution in [2.45, 2.75) is 0 Å². The topological polar surface area (TPSA) is 91.8 Å². The maximum Gasteiger partial charge on any atom is 0.270 e. The summed E-state index contributed by atoms with van der Waals surface area (Å²) in [5.74, 6) is 0. The number of nitrogens with zero attached hydrogens (tertiary/aromatic N) is 3. The number of halogens is 1. The van der Waals surface area contributed by atoms with Crippen molar-refractivity contribution in [3.63, 3.8) is 0 Å². The summed E-state index contributed by atoms with van der Waals surface area (Å²) in [6.07, 6.45) is 1.45. The highest BCUT2D eigenvalue weighted by molar-refractivity contribution is 9.10. The van der Waals surface area contributed by atoms with Crippen LogP contribution >= 0.6 is 15.9 Å². The van der Waals surface area contributed by atoms with Gasteiger partial charge in [0, 0.05) is 33.9 Å². The Hall–Kier alpha value is -2.98. The second-order valence-electron chi connectivity index (χ2n) is 4.75. The van der Waals surface area contributed by atoms with Crippen molar-refractivity contribution < 1.29 is 4.92 Å². The van der Waals surface area contributed by atoms with Gasteiger partial charge in [0.05, 0.1) is 21.7 Å². The number of nitro groups is 1. The molecule has 0 unspecified atom stereocenters. The van der Waals surface area contributed by atoms with Crippen molar-refractivity contribution >= 4 is 43.9 Å². The summed E-state index contributed by atoms with van der Waals surface area (Å²) >= 11 is 3.36. The van der Waals surface area contributed by atoms with E-state index >= 15 is 0 Å². The van der Waals surface area contributed by atoms with Crippen LogP contribution in [0.25, 0.3) is 10.9 Å². The lowest BCUT2D eigenvalue weighted by Crippen LogP contribution is -1.97. The number of anilines is 2. The first-order valence-corrected chi connectivity index (χ1v) is 7.37. The minimum atomic E-state index is -0.470. The lowest BCUT2D eigenvalue weighted by Gasteiger charge is -2.11. The molecule has 0 aliphatic heterocycles. The first kappa shape index (κ1) is 14.9. The van der Waals surface area contributed by atoms with Crippen molar-refractivity contribution in [2.75, 3.05) is 5.32 Å². The van der Waals surface area contributed by atoms with Gasteiger partial charge in [0.25, 0.3) is 5.69 Å². The van der Waals surface area contributed by atoms with E-state index in [2.05, 4.69) is 32.3 Å². The van der Waals surface area contributed by atoms with Crippen LogP contribution in [-0.2, 0) is 0 Å². The highest BCUT2D eigenvalue weighted by Crippen LogP contribution is 2.31. The highest BCUT2D eigenvalue weighted by atomic mass is 79.9. The largest absolute Gasteiger partial charge is 0.354 e. The molecule has 0 bridgehead atoms. The first-order valence-electron chi connectivity index (χ1n) is 6.58. The van der Waals surface area contributed by atoms with E-state index in [1.165, 1.54) is 18.3 Å². The lowest BCUT2D eigenvalue weighted by molar-refractivity contribution is -0.384. The Morgan fingerprint density at radius 3 is 2.61 bits per heavy atom. The zero-order valence-corrected chi connectivity index (χ0v) is 13.2. The number of nitrogens with one attached hydrogen (secondary N) is 1. The summed E-state index contributed by atoms with van der Waals surface area (Å²) in [5.41, 5.74) is 2.12. The van der Waals surface area contributed by atoms with Gasteiger partial charge in [0.1, 0.15) is 6.07 Å². The number of nitro benzene ring substituents is 1. The highest BCUT2D eigenvalue weighted by Gasteiger charge is 2.13. The third kappa shape index (κ3) is 2.98. The smallest absolute Gasteiger partial charge is 0.270 e. The molecule has 2 aromatic carbocycles. The molecule has 1 N–H and O–H groups in total. The van der Waals surface area contributed by atoms with Crippen molar-refractivity contribution in [1.29, 1.82) is 5.26 Å². The van der Waals surface area contributed by atoms with Gasteiger partial charge in [-0.3, -0.25) is 15.1 Å². The first-order chi connectivity index (χ1) is 11.1. The molecule has 6 nitrogen and oxygen atoms in total. The van der Waals surface area contributed by atoms with E-state index in [0.29, 0.717) is 22.2 Å². The monoisotopic (exact) mass is 368 g/mol. The van der Waals surface area contributed by atoms with Crippen LogP contribution in [0.3, 0.4) is 0 Å². The van der Waals surface area contributed by atoms with Gasteiger partial charge in [-0.15, -0.1) is 0 Å². The lowest BCUT2D eigenvalue weighted by atomic mass is 10.1. The second-order valence-corrected chi connectivity index (χ2v) is 5.66. The Labute approximate surface area is 139 Å². The number of hydrogen-bond donors (Lipinski definition) is 1. The van der Waals surface area contributed by atoms with E-state index in [1.54, 1.807) is 6.07 Å². The third-order valence-corrected chi connectivity index (χ3v) is 3.83. The Morgan fingerprint density at radius 2 is 1.96 bits per heavy atom. The zero-order valence-electron chi connectivity index (χ0n) is 11.7. The number of rotatable bonds is 3. The van der Waals surface area contributed by atoms with E-state index in [4.69, 9.17) is 0 Å². The van der Waals surface area contributed by atoms with Crippen LogP contribution in [0.2, 0.25) is 0 Å². The minimum Gasteiger partial charge on any atom is -0.354 e. The number of non-ortho nitro benzene ring substituents is 1. The van der Waals surface area contributed by atoms with Gasteiger partial charge in [0.2, 0.25) is 0 Å². The number of fused-ring (bicyclic) bond motifs is 1. The van der Waals surface area contributed by atoms with Crippen LogP contribution in [0.15, 0.2) is 53.1 Å². The molecule has 0 saturated carbocycles. The van der Waals surface area contributed by atoms with Gasteiger partial charge in [0.15, 0.2) is 0 Å². The van der Waals surface area contributed by atoms with Gasteiger partial charge < -0.3 is 5.32 Å². The fourth-order valence-corrected chi connectivity index (χ4v) is 2.46. The van der Waals surface area contributed by atoms with Crippen LogP contribution < -0.4 is 5.32 Å². The molecule has 0 atom stereocenters. The molecule has 23 heavy (non-hydrogen) atoms. The predicted octanol–water partition coefficient (Wildman–Crippen LogP) is 4.52. The van der Waals surface area contributed by atoms with E-state index in [1.807, 2.05) is 24.3 Å². The van der Waals surface area contributed by atoms with Crippen LogP contribution in [0, 0.1) is 21.4 Å². The molecule has 0 aliphatic carbocycles. The Morgan fingerprint density at radius 1 is 1.22 bits per heavy atom. The van der Waals surface area contributed by atoms with Gasteiger partial charge >= 0.3 is 0 Å². The van der Waals surface area contributed by atoms with Crippen molar-refractivity contribution in [2.24, 2.45) is 0 Å². The molecule has 3 aromatic rings. The standard InChI is InChI=1S/C16H9BrN4O2/c17-11-1-3-12(4-2-11)20-16-10(8-18)9-19-15-6-5-13(21(22)23)7-14(15)16/h1-7,9H,(H,19,20). The number of pyridine rings is 1. The van der Waals surface area contributed by atoms with E-state index in [0.717, 1.165) is 10.2 Å². The fourth-order valence-electron chi connectivity index (χ4n) is 2.19. The van der Waals surface area contributed by atoms with E-state index in [-0.39, 0.29) is 5.69 Å². The second kappa shape index (κ2) is 6.02. The molecule has 0 saturated heterocycles. The Balaban J connectivity index is 2.19. The van der Waals surface area contributed by atoms with Crippen molar-refractivity contribution in [3.05, 3.63) is 68.8 Å². The number of hydrogen-bond acceptors (Lipinski definition) is 5. The van der Waals surface area contributed by atoms with E-state index < -0.39 is 4.92 Å². The van der Waals surface area contributed by atoms with Gasteiger partial charge in [-0.1, -0.05) is 15.9 Å². The van der Waals surface area contributed by atoms with Gasteiger partial charge in [-0.05, 0) is 30.3 Å². The molecular formula is C16H9BrN4O2. The quantitative estimate of drug-likeness (QED) is 0.541. The van der Waals surface area contributed by atoms with Gasteiger partial charge in [-0.2, -0.15) is 5.26 Å². The Kier molecular flexibility index (Phi) is 3.91. The normalized spacial score (nSPS) is 10.3. The molecule has 112 valence electrons. The third-order valence-electron chi connectivity index (χ3n) is 3.30. The molecule has 7 heteroatoms. The molecule has 0 fully saturated rings. The SMILES string of the molecule is N#Cc1cnc2ccc([N+](=O)[O-])cc2c1Nc1ccc(Br)cc1. The summed E-state index contributed by atoms with van der Waals surface area (Å²) in [5, 5.41) is 24.0. The molecule has 0 amide bonds. The zero-order chi connectivity index (χ0) is 16.4. The molecule has 0 aliphatic rings.